The first-order chi connectivity index (χ1) is 8.08. The summed E-state index contributed by atoms with van der Waals surface area (Å²) in [5, 5.41) is 3.41. The summed E-state index contributed by atoms with van der Waals surface area (Å²) in [5.41, 5.74) is 0. The number of aromatic nitrogens is 2. The highest BCUT2D eigenvalue weighted by atomic mass is 15.2. The first-order valence-electron chi connectivity index (χ1n) is 6.40. The molecule has 1 aromatic heterocycles. The molecule has 1 N–H and O–H groups in total. The summed E-state index contributed by atoms with van der Waals surface area (Å²) in [4.78, 5) is 6.68. The van der Waals surface area contributed by atoms with Gasteiger partial charge in [-0.2, -0.15) is 0 Å². The third-order valence-electron chi connectivity index (χ3n) is 3.54. The average molecular weight is 238 g/mol. The molecule has 0 saturated heterocycles. The minimum absolute atomic E-state index is 0.547. The van der Waals surface area contributed by atoms with Crippen LogP contribution < -0.4 is 5.32 Å². The molecular formula is C13H26N4. The zero-order valence-corrected chi connectivity index (χ0v) is 11.8. The monoisotopic (exact) mass is 238 g/mol. The largest absolute Gasteiger partial charge is 0.337 e. The van der Waals surface area contributed by atoms with E-state index in [1.807, 2.05) is 26.5 Å². The molecule has 17 heavy (non-hydrogen) atoms. The Labute approximate surface area is 105 Å². The van der Waals surface area contributed by atoms with Crippen LogP contribution in [0.15, 0.2) is 12.4 Å². The van der Waals surface area contributed by atoms with Gasteiger partial charge in [-0.3, -0.25) is 4.90 Å². The minimum Gasteiger partial charge on any atom is -0.337 e. The number of likely N-dealkylation sites (N-methyl/N-ethyl adjacent to an activating group) is 2. The maximum absolute atomic E-state index is 4.35. The smallest absolute Gasteiger partial charge is 0.122 e. The fraction of sp³-hybridized carbons (Fsp3) is 0.769. The van der Waals surface area contributed by atoms with Gasteiger partial charge in [-0.25, -0.2) is 4.98 Å². The van der Waals surface area contributed by atoms with E-state index in [1.165, 1.54) is 6.42 Å². The van der Waals surface area contributed by atoms with Crippen molar-refractivity contribution in [2.75, 3.05) is 20.6 Å². The Hall–Kier alpha value is -0.870. The van der Waals surface area contributed by atoms with Crippen LogP contribution in [0.1, 0.15) is 26.1 Å². The van der Waals surface area contributed by atoms with E-state index in [0.29, 0.717) is 12.0 Å². The summed E-state index contributed by atoms with van der Waals surface area (Å²) < 4.78 is 2.08. The van der Waals surface area contributed by atoms with Crippen molar-refractivity contribution in [1.82, 2.24) is 19.8 Å². The molecule has 0 aliphatic heterocycles. The van der Waals surface area contributed by atoms with Crippen molar-refractivity contribution in [3.63, 3.8) is 0 Å². The number of rotatable bonds is 7. The van der Waals surface area contributed by atoms with Gasteiger partial charge in [0, 0.05) is 32.0 Å². The van der Waals surface area contributed by atoms with Crippen LogP contribution in [0.3, 0.4) is 0 Å². The lowest BCUT2D eigenvalue weighted by atomic mass is 9.99. The molecule has 4 heteroatoms. The van der Waals surface area contributed by atoms with Gasteiger partial charge in [0.1, 0.15) is 5.82 Å². The van der Waals surface area contributed by atoms with Gasteiger partial charge in [-0.15, -0.1) is 0 Å². The number of hydrogen-bond acceptors (Lipinski definition) is 3. The molecule has 0 amide bonds. The van der Waals surface area contributed by atoms with E-state index in [1.54, 1.807) is 0 Å². The molecule has 1 aromatic rings. The average Bonchev–Trinajstić information content (AvgIpc) is 2.71. The number of nitrogens with one attached hydrogen (secondary N) is 1. The van der Waals surface area contributed by atoms with Crippen LogP contribution >= 0.6 is 0 Å². The highest BCUT2D eigenvalue weighted by Crippen LogP contribution is 2.09. The SMILES string of the molecule is CCC(C)C(CN(C)Cc1nccn1C)NC. The molecule has 0 radical (unpaired) electrons. The molecular weight excluding hydrogens is 212 g/mol. The molecule has 0 aliphatic rings. The number of aryl methyl sites for hydroxylation is 1. The van der Waals surface area contributed by atoms with Crippen LogP contribution in [-0.2, 0) is 13.6 Å². The maximum atomic E-state index is 4.35. The summed E-state index contributed by atoms with van der Waals surface area (Å²) in [6, 6.07) is 0.547. The van der Waals surface area contributed by atoms with E-state index in [4.69, 9.17) is 0 Å². The van der Waals surface area contributed by atoms with Gasteiger partial charge in [0.15, 0.2) is 0 Å². The number of imidazole rings is 1. The van der Waals surface area contributed by atoms with Gasteiger partial charge >= 0.3 is 0 Å². The minimum atomic E-state index is 0.547. The molecule has 98 valence electrons. The van der Waals surface area contributed by atoms with Gasteiger partial charge in [0.25, 0.3) is 0 Å². The summed E-state index contributed by atoms with van der Waals surface area (Å²) in [7, 11) is 6.24. The van der Waals surface area contributed by atoms with Gasteiger partial charge in [0.05, 0.1) is 6.54 Å². The molecule has 1 rings (SSSR count). The van der Waals surface area contributed by atoms with E-state index >= 15 is 0 Å². The highest BCUT2D eigenvalue weighted by molar-refractivity contribution is 4.91. The van der Waals surface area contributed by atoms with Crippen molar-refractivity contribution in [1.29, 1.82) is 0 Å². The molecule has 0 fully saturated rings. The van der Waals surface area contributed by atoms with Crippen LogP contribution in [0.4, 0.5) is 0 Å². The fourth-order valence-electron chi connectivity index (χ4n) is 2.03. The molecule has 0 bridgehead atoms. The number of hydrogen-bond donors (Lipinski definition) is 1. The first-order valence-corrected chi connectivity index (χ1v) is 6.40. The van der Waals surface area contributed by atoms with Crippen molar-refractivity contribution in [2.45, 2.75) is 32.9 Å². The Morgan fingerprint density at radius 1 is 1.53 bits per heavy atom. The van der Waals surface area contributed by atoms with Crippen LogP contribution in [0.25, 0.3) is 0 Å². The lowest BCUT2D eigenvalue weighted by Gasteiger charge is -2.27. The molecule has 0 spiro atoms. The van der Waals surface area contributed by atoms with Gasteiger partial charge in [-0.1, -0.05) is 20.3 Å². The topological polar surface area (TPSA) is 33.1 Å². The summed E-state index contributed by atoms with van der Waals surface area (Å²) >= 11 is 0. The third kappa shape index (κ3) is 4.13. The predicted octanol–water partition coefficient (Wildman–Crippen LogP) is 1.49. The standard InChI is InChI=1S/C13H26N4/c1-6-11(2)12(14-3)9-16(4)10-13-15-7-8-17(13)5/h7-8,11-12,14H,6,9-10H2,1-5H3. The summed E-state index contributed by atoms with van der Waals surface area (Å²) in [5.74, 6) is 1.82. The van der Waals surface area contributed by atoms with Crippen LogP contribution in [0.5, 0.6) is 0 Å². The first kappa shape index (κ1) is 14.2. The quantitative estimate of drug-likeness (QED) is 0.781. The molecule has 4 nitrogen and oxygen atoms in total. The second-order valence-electron chi connectivity index (χ2n) is 4.93. The highest BCUT2D eigenvalue weighted by Gasteiger charge is 2.16. The van der Waals surface area contributed by atoms with E-state index in [2.05, 4.69) is 40.7 Å². The molecule has 0 aliphatic carbocycles. The van der Waals surface area contributed by atoms with Crippen molar-refractivity contribution in [3.8, 4) is 0 Å². The van der Waals surface area contributed by atoms with Crippen LogP contribution in [0, 0.1) is 5.92 Å². The van der Waals surface area contributed by atoms with Gasteiger partial charge in [-0.05, 0) is 20.0 Å². The Morgan fingerprint density at radius 3 is 2.71 bits per heavy atom. The van der Waals surface area contributed by atoms with Gasteiger partial charge < -0.3 is 9.88 Å². The lowest BCUT2D eigenvalue weighted by molar-refractivity contribution is 0.240. The van der Waals surface area contributed by atoms with Crippen molar-refractivity contribution >= 4 is 0 Å². The molecule has 0 saturated carbocycles. The summed E-state index contributed by atoms with van der Waals surface area (Å²) in [6.45, 7) is 6.50. The van der Waals surface area contributed by atoms with E-state index < -0.39 is 0 Å². The molecule has 1 heterocycles. The van der Waals surface area contributed by atoms with E-state index in [-0.39, 0.29) is 0 Å². The Morgan fingerprint density at radius 2 is 2.24 bits per heavy atom. The second-order valence-corrected chi connectivity index (χ2v) is 4.93. The third-order valence-corrected chi connectivity index (χ3v) is 3.54. The van der Waals surface area contributed by atoms with Crippen molar-refractivity contribution in [2.24, 2.45) is 13.0 Å². The zero-order valence-electron chi connectivity index (χ0n) is 11.8. The Balaban J connectivity index is 2.48. The predicted molar refractivity (Wildman–Crippen MR) is 71.8 cm³/mol. The molecule has 2 unspecified atom stereocenters. The van der Waals surface area contributed by atoms with Crippen LogP contribution in [0.2, 0.25) is 0 Å². The fourth-order valence-corrected chi connectivity index (χ4v) is 2.03. The van der Waals surface area contributed by atoms with Crippen LogP contribution in [-0.4, -0.2) is 41.1 Å². The Kier molecular flexibility index (Phi) is 5.65. The molecule has 0 aromatic carbocycles. The van der Waals surface area contributed by atoms with E-state index in [0.717, 1.165) is 18.9 Å². The van der Waals surface area contributed by atoms with Gasteiger partial charge in [0.2, 0.25) is 0 Å². The zero-order chi connectivity index (χ0) is 12.8. The molecule has 2 atom stereocenters. The Bertz CT molecular complexity index is 321. The normalized spacial score (nSPS) is 15.2. The lowest BCUT2D eigenvalue weighted by Crippen LogP contribution is -2.41. The summed E-state index contributed by atoms with van der Waals surface area (Å²) in [6.07, 6.45) is 5.06. The van der Waals surface area contributed by atoms with E-state index in [9.17, 15) is 0 Å². The maximum Gasteiger partial charge on any atom is 0.122 e. The number of nitrogens with zero attached hydrogens (tertiary/aromatic N) is 3. The second kappa shape index (κ2) is 6.77. The van der Waals surface area contributed by atoms with Crippen molar-refractivity contribution in [3.05, 3.63) is 18.2 Å². The van der Waals surface area contributed by atoms with Crippen molar-refractivity contribution < 1.29 is 0 Å².